The van der Waals surface area contributed by atoms with Gasteiger partial charge in [-0.3, -0.25) is 20.2 Å². The van der Waals surface area contributed by atoms with E-state index < -0.39 is 17.8 Å². The molecule has 0 saturated carbocycles. The molecule has 4 amide bonds. The van der Waals surface area contributed by atoms with E-state index in [0.717, 1.165) is 9.89 Å². The van der Waals surface area contributed by atoms with E-state index >= 15 is 0 Å². The lowest BCUT2D eigenvalue weighted by Crippen LogP contribution is -2.42. The van der Waals surface area contributed by atoms with Crippen molar-refractivity contribution in [1.82, 2.24) is 15.3 Å². The van der Waals surface area contributed by atoms with Crippen LogP contribution >= 0.6 is 22.9 Å². The van der Waals surface area contributed by atoms with Gasteiger partial charge in [0.05, 0.1) is 0 Å². The van der Waals surface area contributed by atoms with Crippen LogP contribution in [0.2, 0.25) is 5.02 Å². The molecule has 28 heavy (non-hydrogen) atoms. The van der Waals surface area contributed by atoms with E-state index in [1.165, 1.54) is 30.5 Å². The number of urea groups is 1. The molecular weight excluding hydrogens is 409 g/mol. The summed E-state index contributed by atoms with van der Waals surface area (Å²) in [6, 6.07) is 3.48. The smallest absolute Gasteiger partial charge is 0.283 e. The number of hydrogen-bond donors (Lipinski definition) is 2. The van der Waals surface area contributed by atoms with E-state index in [0.29, 0.717) is 17.0 Å². The van der Waals surface area contributed by atoms with Crippen molar-refractivity contribution in [2.75, 3.05) is 12.4 Å². The van der Waals surface area contributed by atoms with E-state index in [2.05, 4.69) is 20.7 Å². The highest BCUT2D eigenvalue weighted by Crippen LogP contribution is 2.23. The molecule has 2 N–H and O–H groups in total. The molecular formula is C17H15ClFN5O3S. The van der Waals surface area contributed by atoms with E-state index in [1.54, 1.807) is 12.3 Å². The van der Waals surface area contributed by atoms with Gasteiger partial charge in [-0.15, -0.1) is 11.3 Å². The van der Waals surface area contributed by atoms with Gasteiger partial charge in [-0.05, 0) is 23.8 Å². The molecule has 1 aliphatic heterocycles. The lowest BCUT2D eigenvalue weighted by molar-refractivity contribution is -0.130. The number of thiazole rings is 1. The molecule has 1 aromatic heterocycles. The minimum atomic E-state index is -0.762. The number of carbonyl (C=O) groups is 3. The van der Waals surface area contributed by atoms with Crippen LogP contribution in [0, 0.1) is 5.82 Å². The average Bonchev–Trinajstić information content (AvgIpc) is 3.02. The zero-order chi connectivity index (χ0) is 20.3. The van der Waals surface area contributed by atoms with Gasteiger partial charge in [0.25, 0.3) is 5.91 Å². The Morgan fingerprint density at radius 1 is 1.32 bits per heavy atom. The molecule has 0 atom stereocenters. The van der Waals surface area contributed by atoms with Crippen molar-refractivity contribution in [2.24, 2.45) is 5.10 Å². The molecule has 0 unspecified atom stereocenters. The quantitative estimate of drug-likeness (QED) is 0.788. The molecule has 2 aromatic rings. The summed E-state index contributed by atoms with van der Waals surface area (Å²) < 4.78 is 13.4. The van der Waals surface area contributed by atoms with Crippen molar-refractivity contribution in [3.8, 4) is 0 Å². The first kappa shape index (κ1) is 19.9. The van der Waals surface area contributed by atoms with Crippen LogP contribution in [-0.4, -0.2) is 40.6 Å². The molecule has 146 valence electrons. The maximum atomic E-state index is 13.4. The second-order valence-corrected chi connectivity index (χ2v) is 7.51. The van der Waals surface area contributed by atoms with Gasteiger partial charge in [-0.25, -0.2) is 19.2 Å². The predicted molar refractivity (Wildman–Crippen MR) is 103 cm³/mol. The summed E-state index contributed by atoms with van der Waals surface area (Å²) in [4.78, 5) is 40.3. The maximum Gasteiger partial charge on any atom is 0.327 e. The number of nitrogens with zero attached hydrogens (tertiary/aromatic N) is 3. The number of hydrazone groups is 1. The van der Waals surface area contributed by atoms with Gasteiger partial charge in [0.15, 0.2) is 5.13 Å². The second kappa shape index (κ2) is 8.44. The first-order valence-electron chi connectivity index (χ1n) is 8.16. The van der Waals surface area contributed by atoms with Crippen LogP contribution in [0.25, 0.3) is 0 Å². The fourth-order valence-corrected chi connectivity index (χ4v) is 3.58. The van der Waals surface area contributed by atoms with Gasteiger partial charge in [0.2, 0.25) is 5.91 Å². The van der Waals surface area contributed by atoms with Crippen molar-refractivity contribution in [3.05, 3.63) is 45.7 Å². The molecule has 0 saturated heterocycles. The van der Waals surface area contributed by atoms with Gasteiger partial charge in [-0.2, -0.15) is 5.10 Å². The highest BCUT2D eigenvalue weighted by Gasteiger charge is 2.23. The number of hydrogen-bond acceptors (Lipinski definition) is 6. The number of halogens is 2. The Hall–Kier alpha value is -2.85. The van der Waals surface area contributed by atoms with E-state index in [-0.39, 0.29) is 29.6 Å². The highest BCUT2D eigenvalue weighted by atomic mass is 35.5. The van der Waals surface area contributed by atoms with Gasteiger partial charge < -0.3 is 0 Å². The number of anilines is 1. The lowest BCUT2D eigenvalue weighted by Gasteiger charge is -2.18. The van der Waals surface area contributed by atoms with Gasteiger partial charge in [0, 0.05) is 42.4 Å². The molecule has 0 spiro atoms. The number of nitrogens with one attached hydrogen (secondary N) is 2. The lowest BCUT2D eigenvalue weighted by atomic mass is 10.1. The summed E-state index contributed by atoms with van der Waals surface area (Å²) in [6.45, 7) is 0. The zero-order valence-corrected chi connectivity index (χ0v) is 16.2. The topological polar surface area (TPSA) is 104 Å². The molecule has 0 fully saturated rings. The zero-order valence-electron chi connectivity index (χ0n) is 14.7. The van der Waals surface area contributed by atoms with Crippen LogP contribution in [0.15, 0.2) is 29.5 Å². The number of imide groups is 1. The van der Waals surface area contributed by atoms with Crippen molar-refractivity contribution >= 4 is 51.6 Å². The predicted octanol–water partition coefficient (Wildman–Crippen LogP) is 2.78. The summed E-state index contributed by atoms with van der Waals surface area (Å²) in [5.41, 5.74) is 0.772. The Morgan fingerprint density at radius 2 is 2.11 bits per heavy atom. The third kappa shape index (κ3) is 5.11. The molecule has 1 aromatic carbocycles. The third-order valence-corrected chi connectivity index (χ3v) is 4.90. The van der Waals surface area contributed by atoms with Crippen molar-refractivity contribution in [3.63, 3.8) is 0 Å². The largest absolute Gasteiger partial charge is 0.327 e. The van der Waals surface area contributed by atoms with Crippen LogP contribution in [0.4, 0.5) is 14.3 Å². The van der Waals surface area contributed by atoms with E-state index in [1.807, 2.05) is 0 Å². The molecule has 11 heteroatoms. The van der Waals surface area contributed by atoms with Crippen LogP contribution in [0.3, 0.4) is 0 Å². The van der Waals surface area contributed by atoms with Crippen LogP contribution in [-0.2, 0) is 16.0 Å². The van der Waals surface area contributed by atoms with Gasteiger partial charge in [-0.1, -0.05) is 11.6 Å². The van der Waals surface area contributed by atoms with Crippen LogP contribution in [0.1, 0.15) is 23.3 Å². The summed E-state index contributed by atoms with van der Waals surface area (Å²) in [5, 5.41) is 10.1. The molecule has 0 bridgehead atoms. The SMILES string of the molecule is CN1N=C(C(=O)NC(=O)Nc2ncc(Cc3cc(F)cc(Cl)c3)s2)CCC1=O. The number of carbonyl (C=O) groups excluding carboxylic acids is 3. The van der Waals surface area contributed by atoms with E-state index in [9.17, 15) is 18.8 Å². The minimum absolute atomic E-state index is 0.0973. The first-order valence-corrected chi connectivity index (χ1v) is 9.35. The first-order chi connectivity index (χ1) is 13.3. The Kier molecular flexibility index (Phi) is 6.00. The minimum Gasteiger partial charge on any atom is -0.283 e. The van der Waals surface area contributed by atoms with E-state index in [4.69, 9.17) is 11.6 Å². The number of aromatic nitrogens is 1. The Morgan fingerprint density at radius 3 is 2.82 bits per heavy atom. The van der Waals surface area contributed by atoms with Gasteiger partial charge >= 0.3 is 6.03 Å². The molecule has 3 rings (SSSR count). The fraction of sp³-hybridized carbons (Fsp3) is 0.235. The monoisotopic (exact) mass is 423 g/mol. The van der Waals surface area contributed by atoms with Crippen molar-refractivity contribution < 1.29 is 18.8 Å². The van der Waals surface area contributed by atoms with Gasteiger partial charge in [0.1, 0.15) is 11.5 Å². The standard InChI is InChI=1S/C17H15ClFN5O3S/c1-24-14(25)3-2-13(23-24)15(26)21-16(27)22-17-20-8-12(28-17)6-9-4-10(18)7-11(19)5-9/h4-5,7-8H,2-3,6H2,1H3,(H2,20,21,22,26,27). The second-order valence-electron chi connectivity index (χ2n) is 5.96. The number of amides is 4. The Labute approximate surface area is 168 Å². The average molecular weight is 424 g/mol. The maximum absolute atomic E-state index is 13.4. The molecule has 8 nitrogen and oxygen atoms in total. The Balaban J connectivity index is 1.57. The molecule has 2 heterocycles. The number of rotatable bonds is 4. The number of benzene rings is 1. The van der Waals surface area contributed by atoms with Crippen LogP contribution < -0.4 is 10.6 Å². The molecule has 0 aliphatic carbocycles. The normalized spacial score (nSPS) is 13.9. The summed E-state index contributed by atoms with van der Waals surface area (Å²) in [5.74, 6) is -1.31. The highest BCUT2D eigenvalue weighted by molar-refractivity contribution is 7.15. The molecule has 1 aliphatic rings. The fourth-order valence-electron chi connectivity index (χ4n) is 2.50. The third-order valence-electron chi connectivity index (χ3n) is 3.77. The summed E-state index contributed by atoms with van der Waals surface area (Å²) in [7, 11) is 1.44. The summed E-state index contributed by atoms with van der Waals surface area (Å²) >= 11 is 7.03. The van der Waals surface area contributed by atoms with Crippen molar-refractivity contribution in [2.45, 2.75) is 19.3 Å². The Bertz CT molecular complexity index is 957. The summed E-state index contributed by atoms with van der Waals surface area (Å²) in [6.07, 6.45) is 2.27. The van der Waals surface area contributed by atoms with Crippen molar-refractivity contribution in [1.29, 1.82) is 0 Å². The van der Waals surface area contributed by atoms with Crippen LogP contribution in [0.5, 0.6) is 0 Å². The molecule has 0 radical (unpaired) electrons.